The van der Waals surface area contributed by atoms with E-state index in [0.29, 0.717) is 35.4 Å². The van der Waals surface area contributed by atoms with Crippen LogP contribution in [-0.2, 0) is 11.3 Å². The van der Waals surface area contributed by atoms with Crippen LogP contribution in [0.15, 0.2) is 10.7 Å². The molecule has 0 aliphatic rings. The molecule has 0 spiro atoms. The van der Waals surface area contributed by atoms with Crippen LogP contribution in [0.5, 0.6) is 0 Å². The second-order valence-corrected chi connectivity index (χ2v) is 6.87. The number of halogens is 3. The maximum absolute atomic E-state index is 12.1. The van der Waals surface area contributed by atoms with E-state index in [4.69, 9.17) is 23.2 Å². The van der Waals surface area contributed by atoms with Crippen molar-refractivity contribution in [3.63, 3.8) is 0 Å². The van der Waals surface area contributed by atoms with Crippen LogP contribution >= 0.6 is 39.1 Å². The lowest BCUT2D eigenvalue weighted by Gasteiger charge is -2.12. The number of rotatable bonds is 6. The SMILES string of the molecule is Cc1nn(C(C)C(=O)NCCCn2nc(C)c(Cl)c2Cl)cc1Br. The molecule has 1 N–H and O–H groups in total. The van der Waals surface area contributed by atoms with Crippen molar-refractivity contribution in [3.8, 4) is 0 Å². The average Bonchev–Trinajstić information content (AvgIpc) is 2.97. The van der Waals surface area contributed by atoms with Gasteiger partial charge in [0.1, 0.15) is 16.2 Å². The Labute approximate surface area is 153 Å². The lowest BCUT2D eigenvalue weighted by molar-refractivity contribution is -0.124. The van der Waals surface area contributed by atoms with Crippen LogP contribution in [0, 0.1) is 13.8 Å². The maximum Gasteiger partial charge on any atom is 0.244 e. The first kappa shape index (κ1) is 18.3. The van der Waals surface area contributed by atoms with Crippen LogP contribution in [0.4, 0.5) is 0 Å². The summed E-state index contributed by atoms with van der Waals surface area (Å²) in [6, 6.07) is -0.370. The average molecular weight is 423 g/mol. The van der Waals surface area contributed by atoms with Gasteiger partial charge in [0.15, 0.2) is 0 Å². The first-order valence-corrected chi connectivity index (χ1v) is 8.73. The summed E-state index contributed by atoms with van der Waals surface area (Å²) in [5, 5.41) is 12.3. The third-order valence-electron chi connectivity index (χ3n) is 3.47. The third kappa shape index (κ3) is 4.28. The van der Waals surface area contributed by atoms with Crippen molar-refractivity contribution in [2.24, 2.45) is 0 Å². The van der Waals surface area contributed by atoms with Gasteiger partial charge in [-0.25, -0.2) is 0 Å². The molecule has 0 saturated heterocycles. The van der Waals surface area contributed by atoms with Crippen LogP contribution in [0.1, 0.15) is 30.8 Å². The minimum absolute atomic E-state index is 0.0826. The van der Waals surface area contributed by atoms with Gasteiger partial charge in [0.2, 0.25) is 5.91 Å². The molecule has 0 radical (unpaired) electrons. The van der Waals surface area contributed by atoms with Crippen LogP contribution in [-0.4, -0.2) is 32.0 Å². The van der Waals surface area contributed by atoms with Gasteiger partial charge in [-0.15, -0.1) is 0 Å². The molecule has 0 aromatic carbocycles. The molecular formula is C14H18BrCl2N5O. The molecule has 2 rings (SSSR count). The van der Waals surface area contributed by atoms with Crippen LogP contribution in [0.2, 0.25) is 10.2 Å². The van der Waals surface area contributed by atoms with Gasteiger partial charge in [-0.2, -0.15) is 10.2 Å². The summed E-state index contributed by atoms with van der Waals surface area (Å²) in [5.41, 5.74) is 1.55. The van der Waals surface area contributed by atoms with Crippen molar-refractivity contribution in [1.29, 1.82) is 0 Å². The summed E-state index contributed by atoms with van der Waals surface area (Å²) < 4.78 is 4.17. The first-order valence-electron chi connectivity index (χ1n) is 7.18. The number of nitrogens with zero attached hydrogens (tertiary/aromatic N) is 4. The van der Waals surface area contributed by atoms with Gasteiger partial charge >= 0.3 is 0 Å². The molecule has 0 fully saturated rings. The van der Waals surface area contributed by atoms with E-state index >= 15 is 0 Å². The van der Waals surface area contributed by atoms with Gasteiger partial charge in [-0.3, -0.25) is 14.2 Å². The van der Waals surface area contributed by atoms with E-state index in [2.05, 4.69) is 31.4 Å². The van der Waals surface area contributed by atoms with Gasteiger partial charge in [0.05, 0.1) is 15.9 Å². The Balaban J connectivity index is 1.81. The van der Waals surface area contributed by atoms with E-state index < -0.39 is 0 Å². The van der Waals surface area contributed by atoms with E-state index in [1.54, 1.807) is 22.5 Å². The highest BCUT2D eigenvalue weighted by Crippen LogP contribution is 2.24. The van der Waals surface area contributed by atoms with Crippen molar-refractivity contribution in [2.75, 3.05) is 6.54 Å². The number of carbonyl (C=O) groups is 1. The predicted octanol–water partition coefficient (Wildman–Crippen LogP) is 3.53. The minimum Gasteiger partial charge on any atom is -0.354 e. The van der Waals surface area contributed by atoms with Crippen molar-refractivity contribution < 1.29 is 4.79 Å². The lowest BCUT2D eigenvalue weighted by Crippen LogP contribution is -2.32. The van der Waals surface area contributed by atoms with Crippen molar-refractivity contribution in [1.82, 2.24) is 24.9 Å². The first-order chi connectivity index (χ1) is 10.8. The van der Waals surface area contributed by atoms with Crippen molar-refractivity contribution in [2.45, 2.75) is 39.8 Å². The summed E-state index contributed by atoms with van der Waals surface area (Å²) in [7, 11) is 0. The normalized spacial score (nSPS) is 12.4. The number of amides is 1. The highest BCUT2D eigenvalue weighted by Gasteiger charge is 2.16. The summed E-state index contributed by atoms with van der Waals surface area (Å²) in [4.78, 5) is 12.1. The standard InChI is InChI=1S/C14H18BrCl2N5O/c1-8-11(15)7-22(19-8)10(3)14(23)18-5-4-6-21-13(17)12(16)9(2)20-21/h7,10H,4-6H2,1-3H3,(H,18,23). The van der Waals surface area contributed by atoms with Gasteiger partial charge in [0.25, 0.3) is 0 Å². The molecule has 1 amide bonds. The van der Waals surface area contributed by atoms with Crippen LogP contribution in [0.25, 0.3) is 0 Å². The minimum atomic E-state index is -0.370. The highest BCUT2D eigenvalue weighted by atomic mass is 79.9. The molecular weight excluding hydrogens is 405 g/mol. The highest BCUT2D eigenvalue weighted by molar-refractivity contribution is 9.10. The topological polar surface area (TPSA) is 64.7 Å². The van der Waals surface area contributed by atoms with Gasteiger partial charge in [0, 0.05) is 19.3 Å². The smallest absolute Gasteiger partial charge is 0.244 e. The molecule has 0 bridgehead atoms. The fraction of sp³-hybridized carbons (Fsp3) is 0.500. The predicted molar refractivity (Wildman–Crippen MR) is 94.0 cm³/mol. The van der Waals surface area contributed by atoms with E-state index in [0.717, 1.165) is 10.2 Å². The Morgan fingerprint density at radius 3 is 2.57 bits per heavy atom. The second-order valence-electron chi connectivity index (χ2n) is 5.28. The fourth-order valence-corrected chi connectivity index (χ4v) is 2.73. The van der Waals surface area contributed by atoms with E-state index in [9.17, 15) is 4.79 Å². The van der Waals surface area contributed by atoms with Gasteiger partial charge in [-0.1, -0.05) is 23.2 Å². The number of aryl methyl sites for hydroxylation is 3. The van der Waals surface area contributed by atoms with Crippen LogP contribution in [0.3, 0.4) is 0 Å². The zero-order valence-corrected chi connectivity index (χ0v) is 16.2. The molecule has 2 aromatic heterocycles. The van der Waals surface area contributed by atoms with Crippen molar-refractivity contribution >= 4 is 45.0 Å². The zero-order chi connectivity index (χ0) is 17.1. The largest absolute Gasteiger partial charge is 0.354 e. The fourth-order valence-electron chi connectivity index (χ4n) is 2.05. The lowest BCUT2D eigenvalue weighted by atomic mass is 10.3. The van der Waals surface area contributed by atoms with Gasteiger partial charge in [-0.05, 0) is 43.1 Å². The van der Waals surface area contributed by atoms with E-state index in [1.165, 1.54) is 0 Å². The van der Waals surface area contributed by atoms with E-state index in [-0.39, 0.29) is 11.9 Å². The molecule has 1 atom stereocenters. The number of carbonyl (C=O) groups excluding carboxylic acids is 1. The monoisotopic (exact) mass is 421 g/mol. The molecule has 1 unspecified atom stereocenters. The van der Waals surface area contributed by atoms with E-state index in [1.807, 2.05) is 13.8 Å². The number of hydrogen-bond acceptors (Lipinski definition) is 3. The summed E-state index contributed by atoms with van der Waals surface area (Å²) >= 11 is 15.4. The number of nitrogens with one attached hydrogen (secondary N) is 1. The van der Waals surface area contributed by atoms with Crippen LogP contribution < -0.4 is 5.32 Å². The molecule has 6 nitrogen and oxygen atoms in total. The summed E-state index contributed by atoms with van der Waals surface area (Å²) in [5.74, 6) is -0.0826. The van der Waals surface area contributed by atoms with Gasteiger partial charge < -0.3 is 5.32 Å². The Hall–Kier alpha value is -1.05. The molecule has 2 heterocycles. The Morgan fingerprint density at radius 2 is 2.04 bits per heavy atom. The molecule has 126 valence electrons. The zero-order valence-electron chi connectivity index (χ0n) is 13.1. The molecule has 0 saturated carbocycles. The number of hydrogen-bond donors (Lipinski definition) is 1. The third-order valence-corrected chi connectivity index (χ3v) is 5.19. The molecule has 0 aliphatic carbocycles. The summed E-state index contributed by atoms with van der Waals surface area (Å²) in [6.45, 7) is 6.61. The second kappa shape index (κ2) is 7.68. The Kier molecular flexibility index (Phi) is 6.11. The molecule has 2 aromatic rings. The maximum atomic E-state index is 12.1. The molecule has 0 aliphatic heterocycles. The molecule has 9 heteroatoms. The van der Waals surface area contributed by atoms with Crippen molar-refractivity contribution in [3.05, 3.63) is 32.2 Å². The molecule has 23 heavy (non-hydrogen) atoms. The quantitative estimate of drug-likeness (QED) is 0.724. The summed E-state index contributed by atoms with van der Waals surface area (Å²) in [6.07, 6.45) is 2.51. The Bertz CT molecular complexity index is 693. The Morgan fingerprint density at radius 1 is 1.35 bits per heavy atom. The number of aromatic nitrogens is 4.